The van der Waals surface area contributed by atoms with Crippen LogP contribution in [-0.2, 0) is 4.74 Å². The Hall–Kier alpha value is -2.56. The van der Waals surface area contributed by atoms with Crippen molar-refractivity contribution in [2.24, 2.45) is 0 Å². The summed E-state index contributed by atoms with van der Waals surface area (Å²) in [5, 5.41) is 0. The minimum Gasteiger partial charge on any atom is -0.462 e. The fourth-order valence-corrected chi connectivity index (χ4v) is 1.61. The summed E-state index contributed by atoms with van der Waals surface area (Å²) >= 11 is 0. The van der Waals surface area contributed by atoms with Crippen LogP contribution in [-0.4, -0.2) is 17.6 Å². The van der Waals surface area contributed by atoms with Crippen molar-refractivity contribution in [2.75, 3.05) is 12.3 Å². The first-order chi connectivity index (χ1) is 9.60. The van der Waals surface area contributed by atoms with Crippen LogP contribution in [0.5, 0.6) is 11.6 Å². The van der Waals surface area contributed by atoms with Crippen molar-refractivity contribution in [1.29, 1.82) is 0 Å². The van der Waals surface area contributed by atoms with E-state index in [-0.39, 0.29) is 0 Å². The molecule has 104 valence electrons. The molecular formula is C15H16N2O3. The molecule has 2 rings (SSSR count). The van der Waals surface area contributed by atoms with Crippen LogP contribution in [0.4, 0.5) is 5.69 Å². The van der Waals surface area contributed by atoms with Crippen molar-refractivity contribution in [3.05, 3.63) is 47.7 Å². The Morgan fingerprint density at radius 3 is 2.70 bits per heavy atom. The second-order valence-electron chi connectivity index (χ2n) is 4.23. The minimum absolute atomic E-state index is 0.335. The molecule has 0 atom stereocenters. The van der Waals surface area contributed by atoms with Gasteiger partial charge >= 0.3 is 5.97 Å². The molecule has 0 saturated heterocycles. The van der Waals surface area contributed by atoms with E-state index in [2.05, 4.69) is 4.98 Å². The monoisotopic (exact) mass is 272 g/mol. The third-order valence-electron chi connectivity index (χ3n) is 2.71. The summed E-state index contributed by atoms with van der Waals surface area (Å²) in [5.41, 5.74) is 7.78. The molecule has 1 heterocycles. The van der Waals surface area contributed by atoms with E-state index in [0.717, 1.165) is 5.56 Å². The van der Waals surface area contributed by atoms with Gasteiger partial charge in [0.25, 0.3) is 0 Å². The molecule has 2 aromatic rings. The van der Waals surface area contributed by atoms with Crippen molar-refractivity contribution in [3.8, 4) is 11.6 Å². The zero-order valence-electron chi connectivity index (χ0n) is 11.4. The number of carbonyl (C=O) groups excluding carboxylic acids is 1. The zero-order valence-corrected chi connectivity index (χ0v) is 11.4. The maximum absolute atomic E-state index is 11.5. The highest BCUT2D eigenvalue weighted by molar-refractivity contribution is 5.89. The summed E-state index contributed by atoms with van der Waals surface area (Å²) in [7, 11) is 0. The van der Waals surface area contributed by atoms with E-state index in [4.69, 9.17) is 15.2 Å². The minimum atomic E-state index is -0.394. The number of carbonyl (C=O) groups is 1. The summed E-state index contributed by atoms with van der Waals surface area (Å²) in [4.78, 5) is 15.6. The lowest BCUT2D eigenvalue weighted by Crippen LogP contribution is -2.04. The molecule has 2 N–H and O–H groups in total. The number of nitrogens with two attached hydrogens (primary N) is 1. The molecule has 0 aliphatic heterocycles. The molecule has 0 radical (unpaired) electrons. The molecule has 20 heavy (non-hydrogen) atoms. The first-order valence-electron chi connectivity index (χ1n) is 6.27. The largest absolute Gasteiger partial charge is 0.462 e. The molecule has 1 aromatic carbocycles. The van der Waals surface area contributed by atoms with Crippen molar-refractivity contribution in [2.45, 2.75) is 13.8 Å². The molecular weight excluding hydrogens is 256 g/mol. The van der Waals surface area contributed by atoms with E-state index < -0.39 is 5.97 Å². The molecule has 0 unspecified atom stereocenters. The highest BCUT2D eigenvalue weighted by atomic mass is 16.5. The van der Waals surface area contributed by atoms with E-state index >= 15 is 0 Å². The van der Waals surface area contributed by atoms with E-state index in [1.807, 2.05) is 13.0 Å². The van der Waals surface area contributed by atoms with Crippen LogP contribution in [0.2, 0.25) is 0 Å². The smallest absolute Gasteiger partial charge is 0.339 e. The third-order valence-corrected chi connectivity index (χ3v) is 2.71. The Morgan fingerprint density at radius 1 is 1.30 bits per heavy atom. The first kappa shape index (κ1) is 13.9. The summed E-state index contributed by atoms with van der Waals surface area (Å²) in [6.07, 6.45) is 1.43. The highest BCUT2D eigenvalue weighted by Crippen LogP contribution is 2.23. The third kappa shape index (κ3) is 3.26. The number of aryl methyl sites for hydroxylation is 1. The predicted octanol–water partition coefficient (Wildman–Crippen LogP) is 2.94. The van der Waals surface area contributed by atoms with Gasteiger partial charge in [-0.2, -0.15) is 0 Å². The van der Waals surface area contributed by atoms with Crippen molar-refractivity contribution >= 4 is 11.7 Å². The Labute approximate surface area is 117 Å². The van der Waals surface area contributed by atoms with Gasteiger partial charge in [0.05, 0.1) is 12.2 Å². The number of rotatable bonds is 4. The number of esters is 1. The average Bonchev–Trinajstić information content (AvgIpc) is 2.44. The van der Waals surface area contributed by atoms with Crippen LogP contribution in [0.3, 0.4) is 0 Å². The van der Waals surface area contributed by atoms with Crippen molar-refractivity contribution < 1.29 is 14.3 Å². The van der Waals surface area contributed by atoms with Gasteiger partial charge in [-0.3, -0.25) is 0 Å². The lowest BCUT2D eigenvalue weighted by molar-refractivity contribution is 0.0526. The van der Waals surface area contributed by atoms with Crippen molar-refractivity contribution in [1.82, 2.24) is 4.98 Å². The number of hydrogen-bond donors (Lipinski definition) is 1. The zero-order chi connectivity index (χ0) is 14.5. The second kappa shape index (κ2) is 6.06. The molecule has 0 fully saturated rings. The van der Waals surface area contributed by atoms with Gasteiger partial charge in [0.15, 0.2) is 0 Å². The number of anilines is 1. The number of nitrogen functional groups attached to an aromatic ring is 1. The highest BCUT2D eigenvalue weighted by Gasteiger charge is 2.07. The number of aromatic nitrogens is 1. The standard InChI is InChI=1S/C15H16N2O3/c1-3-19-15(18)11-4-7-14(17-9-11)20-12-5-6-13(16)10(2)8-12/h4-9H,3,16H2,1-2H3. The predicted molar refractivity (Wildman–Crippen MR) is 75.9 cm³/mol. The fourth-order valence-electron chi connectivity index (χ4n) is 1.61. The van der Waals surface area contributed by atoms with Crippen molar-refractivity contribution in [3.63, 3.8) is 0 Å². The second-order valence-corrected chi connectivity index (χ2v) is 4.23. The molecule has 0 bridgehead atoms. The van der Waals surface area contributed by atoms with Gasteiger partial charge in [-0.25, -0.2) is 9.78 Å². The molecule has 0 amide bonds. The molecule has 5 heteroatoms. The summed E-state index contributed by atoms with van der Waals surface area (Å²) in [5.74, 6) is 0.658. The first-order valence-corrected chi connectivity index (χ1v) is 6.27. The number of nitrogens with zero attached hydrogens (tertiary/aromatic N) is 1. The van der Waals surface area contributed by atoms with Crippen LogP contribution >= 0.6 is 0 Å². The maximum Gasteiger partial charge on any atom is 0.339 e. The SMILES string of the molecule is CCOC(=O)c1ccc(Oc2ccc(N)c(C)c2)nc1. The number of pyridine rings is 1. The molecule has 1 aromatic heterocycles. The quantitative estimate of drug-likeness (QED) is 0.684. The maximum atomic E-state index is 11.5. The molecule has 5 nitrogen and oxygen atoms in total. The van der Waals surface area contributed by atoms with E-state index in [0.29, 0.717) is 29.5 Å². The average molecular weight is 272 g/mol. The summed E-state index contributed by atoms with van der Waals surface area (Å²) in [6, 6.07) is 8.61. The van der Waals surface area contributed by atoms with Crippen LogP contribution in [0.25, 0.3) is 0 Å². The Kier molecular flexibility index (Phi) is 4.20. The van der Waals surface area contributed by atoms with Gasteiger partial charge in [-0.15, -0.1) is 0 Å². The Morgan fingerprint density at radius 2 is 2.10 bits per heavy atom. The van der Waals surface area contributed by atoms with Gasteiger partial charge in [-0.05, 0) is 43.7 Å². The van der Waals surface area contributed by atoms with E-state index in [1.54, 1.807) is 31.2 Å². The van der Waals surface area contributed by atoms with Gasteiger partial charge < -0.3 is 15.2 Å². The molecule has 0 aliphatic rings. The summed E-state index contributed by atoms with van der Waals surface area (Å²) < 4.78 is 10.5. The fraction of sp³-hybridized carbons (Fsp3) is 0.200. The molecule has 0 spiro atoms. The van der Waals surface area contributed by atoms with E-state index in [9.17, 15) is 4.79 Å². The number of ether oxygens (including phenoxy) is 2. The Bertz CT molecular complexity index is 609. The van der Waals surface area contributed by atoms with Gasteiger partial charge in [0.1, 0.15) is 5.75 Å². The normalized spacial score (nSPS) is 10.1. The lowest BCUT2D eigenvalue weighted by Gasteiger charge is -2.07. The Balaban J connectivity index is 2.10. The van der Waals surface area contributed by atoms with Crippen LogP contribution in [0, 0.1) is 6.92 Å². The van der Waals surface area contributed by atoms with Gasteiger partial charge in [-0.1, -0.05) is 0 Å². The molecule has 0 saturated carbocycles. The number of hydrogen-bond acceptors (Lipinski definition) is 5. The van der Waals surface area contributed by atoms with Gasteiger partial charge in [0, 0.05) is 18.0 Å². The van der Waals surface area contributed by atoms with E-state index in [1.165, 1.54) is 6.20 Å². The lowest BCUT2D eigenvalue weighted by atomic mass is 10.2. The van der Waals surface area contributed by atoms with Crippen LogP contribution < -0.4 is 10.5 Å². The topological polar surface area (TPSA) is 74.4 Å². The number of benzene rings is 1. The van der Waals surface area contributed by atoms with Crippen LogP contribution in [0.1, 0.15) is 22.8 Å². The van der Waals surface area contributed by atoms with Gasteiger partial charge in [0.2, 0.25) is 5.88 Å². The molecule has 0 aliphatic carbocycles. The summed E-state index contributed by atoms with van der Waals surface area (Å²) in [6.45, 7) is 3.99. The van der Waals surface area contributed by atoms with Crippen LogP contribution in [0.15, 0.2) is 36.5 Å².